The van der Waals surface area contributed by atoms with Crippen molar-refractivity contribution in [2.75, 3.05) is 13.2 Å². The van der Waals surface area contributed by atoms with Crippen molar-refractivity contribution in [2.24, 2.45) is 0 Å². The molecule has 0 spiro atoms. The number of ether oxygens (including phenoxy) is 2. The Morgan fingerprint density at radius 3 is 2.37 bits per heavy atom. The number of allylic oxidation sites excluding steroid dienone is 2. The van der Waals surface area contributed by atoms with E-state index in [2.05, 4.69) is 9.53 Å². The first kappa shape index (κ1) is 16.7. The van der Waals surface area contributed by atoms with Crippen molar-refractivity contribution in [2.45, 2.75) is 26.7 Å². The minimum atomic E-state index is -1.04. The van der Waals surface area contributed by atoms with Crippen molar-refractivity contribution >= 4 is 23.4 Å². The van der Waals surface area contributed by atoms with Crippen LogP contribution in [0.2, 0.25) is 0 Å². The van der Waals surface area contributed by atoms with Gasteiger partial charge in [-0.2, -0.15) is 4.79 Å². The van der Waals surface area contributed by atoms with Crippen LogP contribution in [0.5, 0.6) is 0 Å². The van der Waals surface area contributed by atoms with E-state index in [0.29, 0.717) is 12.8 Å². The third-order valence-electron chi connectivity index (χ3n) is 1.86. The van der Waals surface area contributed by atoms with Crippen LogP contribution in [0.3, 0.4) is 0 Å². The van der Waals surface area contributed by atoms with Gasteiger partial charge in [-0.25, -0.2) is 9.59 Å². The van der Waals surface area contributed by atoms with Gasteiger partial charge < -0.3 is 15.0 Å². The normalized spacial score (nSPS) is 9.79. The molecular formula is C12H16N2O5. The summed E-state index contributed by atoms with van der Waals surface area (Å²) in [6.07, 6.45) is 4.11. The van der Waals surface area contributed by atoms with Gasteiger partial charge in [-0.1, -0.05) is 6.08 Å². The van der Waals surface area contributed by atoms with E-state index in [4.69, 9.17) is 10.3 Å². The van der Waals surface area contributed by atoms with Gasteiger partial charge in [0.05, 0.1) is 13.2 Å². The van der Waals surface area contributed by atoms with E-state index in [1.165, 1.54) is 13.0 Å². The number of esters is 2. The Labute approximate surface area is 110 Å². The molecule has 0 aromatic carbocycles. The maximum Gasteiger partial charge on any atom is 0.482 e. The predicted molar refractivity (Wildman–Crippen MR) is 65.3 cm³/mol. The molecule has 0 unspecified atom stereocenters. The van der Waals surface area contributed by atoms with E-state index in [9.17, 15) is 14.4 Å². The smallest absolute Gasteiger partial charge is 0.457 e. The quantitative estimate of drug-likeness (QED) is 0.122. The fourth-order valence-corrected chi connectivity index (χ4v) is 1.05. The lowest BCUT2D eigenvalue weighted by Crippen LogP contribution is -2.29. The Balaban J connectivity index is 4.06. The van der Waals surface area contributed by atoms with Crippen molar-refractivity contribution in [1.82, 2.24) is 0 Å². The molecule has 0 atom stereocenters. The topological polar surface area (TPSA) is 106 Å². The predicted octanol–water partition coefficient (Wildman–Crippen LogP) is 0.689. The zero-order valence-electron chi connectivity index (χ0n) is 10.9. The number of hydrogen-bond donors (Lipinski definition) is 0. The molecule has 0 aliphatic rings. The molecule has 7 nitrogen and oxygen atoms in total. The molecule has 0 rings (SSSR count). The third-order valence-corrected chi connectivity index (χ3v) is 1.86. The zero-order valence-corrected chi connectivity index (χ0v) is 10.9. The first-order valence-electron chi connectivity index (χ1n) is 5.76. The van der Waals surface area contributed by atoms with E-state index in [0.717, 1.165) is 0 Å². The largest absolute Gasteiger partial charge is 0.482 e. The molecule has 0 radical (unpaired) electrons. The molecule has 0 aliphatic carbocycles. The van der Waals surface area contributed by atoms with Crippen molar-refractivity contribution in [1.29, 1.82) is 0 Å². The molecule has 0 saturated carbocycles. The Kier molecular flexibility index (Phi) is 8.57. The molecule has 0 heterocycles. The van der Waals surface area contributed by atoms with E-state index in [1.54, 1.807) is 13.0 Å². The van der Waals surface area contributed by atoms with Crippen molar-refractivity contribution in [3.63, 3.8) is 0 Å². The summed E-state index contributed by atoms with van der Waals surface area (Å²) in [5.41, 5.74) is 7.74. The van der Waals surface area contributed by atoms with Gasteiger partial charge in [0.1, 0.15) is 0 Å². The number of hydrogen-bond acceptors (Lipinski definition) is 5. The van der Waals surface area contributed by atoms with Gasteiger partial charge in [0.2, 0.25) is 0 Å². The second-order valence-electron chi connectivity index (χ2n) is 3.46. The van der Waals surface area contributed by atoms with Gasteiger partial charge in [0, 0.05) is 0 Å². The Morgan fingerprint density at radius 1 is 1.21 bits per heavy atom. The zero-order chi connectivity index (χ0) is 14.7. The van der Waals surface area contributed by atoms with E-state index < -0.39 is 17.7 Å². The summed E-state index contributed by atoms with van der Waals surface area (Å²) < 4.78 is 9.23. The molecule has 104 valence electrons. The monoisotopic (exact) mass is 268 g/mol. The molecule has 0 aliphatic heterocycles. The lowest BCUT2D eigenvalue weighted by atomic mass is 10.3. The van der Waals surface area contributed by atoms with Crippen LogP contribution in [0, 0.1) is 0 Å². The van der Waals surface area contributed by atoms with Crippen LogP contribution in [0.25, 0.3) is 5.53 Å². The summed E-state index contributed by atoms with van der Waals surface area (Å²) in [5.74, 6) is -2.14. The summed E-state index contributed by atoms with van der Waals surface area (Å²) in [7, 11) is 0. The lowest BCUT2D eigenvalue weighted by Gasteiger charge is -2.00. The maximum atomic E-state index is 11.3. The van der Waals surface area contributed by atoms with Gasteiger partial charge in [0.25, 0.3) is 0 Å². The lowest BCUT2D eigenvalue weighted by molar-refractivity contribution is -0.148. The molecule has 19 heavy (non-hydrogen) atoms. The fraction of sp³-hybridized carbons (Fsp3) is 0.500. The Hall–Kier alpha value is -2.27. The highest BCUT2D eigenvalue weighted by atomic mass is 16.6. The molecular weight excluding hydrogens is 252 g/mol. The van der Waals surface area contributed by atoms with Crippen molar-refractivity contribution in [3.05, 3.63) is 17.7 Å². The molecule has 0 amide bonds. The third kappa shape index (κ3) is 7.62. The van der Waals surface area contributed by atoms with Gasteiger partial charge in [-0.3, -0.25) is 4.79 Å². The number of ketones is 1. The highest BCUT2D eigenvalue weighted by Crippen LogP contribution is 1.94. The van der Waals surface area contributed by atoms with Crippen LogP contribution in [0.1, 0.15) is 26.7 Å². The fourth-order valence-electron chi connectivity index (χ4n) is 1.05. The van der Waals surface area contributed by atoms with Gasteiger partial charge in [0.15, 0.2) is 5.78 Å². The number of carbonyl (C=O) groups excluding carboxylic acids is 3. The summed E-state index contributed by atoms with van der Waals surface area (Å²) >= 11 is 0. The number of nitrogens with zero attached hydrogens (tertiary/aromatic N) is 2. The molecule has 7 heteroatoms. The van der Waals surface area contributed by atoms with Crippen LogP contribution in [0.15, 0.2) is 12.2 Å². The SMILES string of the molecule is CCOC(=O)C(=[N+]=[N-])C(=O)OCCC/C=C/C(C)=O. The number of unbranched alkanes of at least 4 members (excludes halogenated alkanes) is 1. The van der Waals surface area contributed by atoms with Gasteiger partial charge >= 0.3 is 17.7 Å². The molecule has 0 aromatic rings. The van der Waals surface area contributed by atoms with Gasteiger partial charge in [-0.05, 0) is 32.8 Å². The summed E-state index contributed by atoms with van der Waals surface area (Å²) in [6, 6.07) is 0. The van der Waals surface area contributed by atoms with Crippen molar-refractivity contribution < 1.29 is 28.6 Å². The molecule has 0 bridgehead atoms. The van der Waals surface area contributed by atoms with Crippen LogP contribution < -0.4 is 0 Å². The van der Waals surface area contributed by atoms with Gasteiger partial charge in [-0.15, -0.1) is 0 Å². The standard InChI is InChI=1S/C12H16N2O5/c1-3-18-11(16)10(14-13)12(17)19-8-6-4-5-7-9(2)15/h5,7H,3-4,6,8H2,1-2H3/b7-5+. The first-order chi connectivity index (χ1) is 9.02. The molecule has 0 fully saturated rings. The first-order valence-corrected chi connectivity index (χ1v) is 5.76. The maximum absolute atomic E-state index is 11.3. The second kappa shape index (κ2) is 9.73. The summed E-state index contributed by atoms with van der Waals surface area (Å²) in [5, 5.41) is 0. The second-order valence-corrected chi connectivity index (χ2v) is 3.46. The van der Waals surface area contributed by atoms with E-state index in [1.807, 2.05) is 0 Å². The number of rotatable bonds is 8. The highest BCUT2D eigenvalue weighted by Gasteiger charge is 2.32. The van der Waals surface area contributed by atoms with E-state index >= 15 is 0 Å². The summed E-state index contributed by atoms with van der Waals surface area (Å²) in [6.45, 7) is 3.08. The van der Waals surface area contributed by atoms with Crippen LogP contribution in [-0.2, 0) is 23.9 Å². The summed E-state index contributed by atoms with van der Waals surface area (Å²) in [4.78, 5) is 35.6. The van der Waals surface area contributed by atoms with Crippen LogP contribution in [0.4, 0.5) is 0 Å². The molecule has 0 saturated heterocycles. The Bertz CT molecular complexity index is 422. The average molecular weight is 268 g/mol. The van der Waals surface area contributed by atoms with Crippen LogP contribution >= 0.6 is 0 Å². The molecule has 0 N–H and O–H groups in total. The minimum absolute atomic E-state index is 0.0412. The Morgan fingerprint density at radius 2 is 1.84 bits per heavy atom. The number of carbonyl (C=O) groups is 3. The van der Waals surface area contributed by atoms with Crippen molar-refractivity contribution in [3.8, 4) is 0 Å². The average Bonchev–Trinajstić information content (AvgIpc) is 2.34. The molecule has 0 aromatic heterocycles. The minimum Gasteiger partial charge on any atom is -0.457 e. The highest BCUT2D eigenvalue weighted by molar-refractivity contribution is 6.60. The van der Waals surface area contributed by atoms with E-state index in [-0.39, 0.29) is 19.0 Å². The van der Waals surface area contributed by atoms with Crippen LogP contribution in [-0.4, -0.2) is 41.4 Å².